The molecule has 16 rings (SSSR count). The molecule has 0 bridgehead atoms. The molecular weight excluding hydrogens is 925 g/mol. The molecule has 1 aliphatic carbocycles. The second-order valence-corrected chi connectivity index (χ2v) is 19.9. The normalized spacial score (nSPS) is 12.8. The van der Waals surface area contributed by atoms with Crippen molar-refractivity contribution < 1.29 is 0 Å². The molecule has 0 saturated carbocycles. The van der Waals surface area contributed by atoms with E-state index in [-0.39, 0.29) is 0 Å². The Morgan fingerprint density at radius 1 is 0.263 bits per heavy atom. The monoisotopic (exact) mass is 968 g/mol. The van der Waals surface area contributed by atoms with Crippen LogP contribution in [-0.2, 0) is 5.41 Å². The van der Waals surface area contributed by atoms with Crippen molar-refractivity contribution in [3.8, 4) is 51.2 Å². The number of aromatic nitrogens is 6. The van der Waals surface area contributed by atoms with Gasteiger partial charge in [-0.3, -0.25) is 4.57 Å². The van der Waals surface area contributed by atoms with Gasteiger partial charge in [-0.25, -0.2) is 4.98 Å². The van der Waals surface area contributed by atoms with Crippen molar-refractivity contribution in [2.24, 2.45) is 0 Å². The number of para-hydroxylation sites is 5. The maximum absolute atomic E-state index is 5.33. The Morgan fingerprint density at radius 2 is 0.671 bits per heavy atom. The summed E-state index contributed by atoms with van der Waals surface area (Å²) < 4.78 is 7.07. The lowest BCUT2D eigenvalue weighted by Crippen LogP contribution is -2.28. The largest absolute Gasteiger partial charge is 0.309 e. The molecule has 6 heteroatoms. The second-order valence-electron chi connectivity index (χ2n) is 19.9. The lowest BCUT2D eigenvalue weighted by molar-refractivity contribution is 0.772. The fourth-order valence-electron chi connectivity index (χ4n) is 12.8. The Labute approximate surface area is 437 Å². The zero-order valence-electron chi connectivity index (χ0n) is 41.1. The molecule has 0 saturated heterocycles. The highest BCUT2D eigenvalue weighted by Gasteiger charge is 2.47. The summed E-state index contributed by atoms with van der Waals surface area (Å²) in [6.07, 6.45) is 0. The van der Waals surface area contributed by atoms with Crippen molar-refractivity contribution in [3.63, 3.8) is 0 Å². The fourth-order valence-corrected chi connectivity index (χ4v) is 12.8. The lowest BCUT2D eigenvalue weighted by Gasteiger charge is -2.34. The first-order valence-electron chi connectivity index (χ1n) is 25.9. The second kappa shape index (κ2) is 16.4. The Kier molecular flexibility index (Phi) is 9.15. The van der Waals surface area contributed by atoms with Crippen molar-refractivity contribution in [2.45, 2.75) is 5.41 Å². The van der Waals surface area contributed by atoms with Gasteiger partial charge in [0, 0.05) is 54.8 Å². The first-order chi connectivity index (χ1) is 37.7. The van der Waals surface area contributed by atoms with Crippen molar-refractivity contribution in [1.29, 1.82) is 0 Å². The highest BCUT2D eigenvalue weighted by molar-refractivity contribution is 6.14. The van der Waals surface area contributed by atoms with E-state index in [0.717, 1.165) is 44.3 Å². The zero-order valence-corrected chi connectivity index (χ0v) is 41.1. The third kappa shape index (κ3) is 6.06. The van der Waals surface area contributed by atoms with Crippen molar-refractivity contribution in [1.82, 2.24) is 28.7 Å². The van der Waals surface area contributed by atoms with Crippen molar-refractivity contribution >= 4 is 65.4 Å². The zero-order chi connectivity index (χ0) is 49.9. The van der Waals surface area contributed by atoms with Crippen molar-refractivity contribution in [3.05, 3.63) is 289 Å². The Bertz CT molecular complexity index is 4590. The van der Waals surface area contributed by atoms with Crippen LogP contribution in [0.4, 0.5) is 0 Å². The van der Waals surface area contributed by atoms with E-state index in [1.165, 1.54) is 77.0 Å². The highest BCUT2D eigenvalue weighted by Crippen LogP contribution is 2.58. The molecule has 0 aliphatic heterocycles. The predicted octanol–water partition coefficient (Wildman–Crippen LogP) is 16.9. The molecule has 0 radical (unpaired) electrons. The molecule has 15 aromatic rings. The molecule has 0 fully saturated rings. The van der Waals surface area contributed by atoms with E-state index in [9.17, 15) is 0 Å². The minimum Gasteiger partial charge on any atom is -0.309 e. The smallest absolute Gasteiger partial charge is 0.238 e. The Morgan fingerprint density at radius 3 is 1.18 bits per heavy atom. The molecule has 0 unspecified atom stereocenters. The van der Waals surface area contributed by atoms with E-state index in [1.54, 1.807) is 0 Å². The van der Waals surface area contributed by atoms with E-state index in [4.69, 9.17) is 15.0 Å². The average molecular weight is 969 g/mol. The minimum absolute atomic E-state index is 0.567. The standard InChI is InChI=1S/C70H44N6/c1-5-21-45(22-6-1)67-71-68(46-23-7-2-8-24-46)73-69(72-67)76-63-36-20-16-32-54(63)58-43-60-55(44-66(58)76)51-29-13-17-33-59(51)70(60,47-37-39-64-56(41-47)52-30-14-18-34-61(52)74(64)49-25-9-3-10-26-49)48-38-40-65-57(42-48)53-31-15-19-35-62(53)75(65)50-27-11-4-12-28-50/h1-44H. The molecule has 0 amide bonds. The van der Waals surface area contributed by atoms with Crippen LogP contribution in [0.5, 0.6) is 0 Å². The van der Waals surface area contributed by atoms with Crippen LogP contribution in [-0.4, -0.2) is 28.7 Å². The number of benzene rings is 11. The third-order valence-corrected chi connectivity index (χ3v) is 16.0. The number of fused-ring (bicyclic) bond motifs is 12. The van der Waals surface area contributed by atoms with Gasteiger partial charge in [-0.1, -0.05) is 188 Å². The first kappa shape index (κ1) is 42.3. The fraction of sp³-hybridized carbons (Fsp3) is 0.0143. The van der Waals surface area contributed by atoms with Gasteiger partial charge in [0.05, 0.1) is 38.5 Å². The molecule has 0 spiro atoms. The molecular formula is C70H44N6. The maximum Gasteiger partial charge on any atom is 0.238 e. The Balaban J connectivity index is 1.02. The van der Waals surface area contributed by atoms with E-state index >= 15 is 0 Å². The van der Waals surface area contributed by atoms with Crippen LogP contribution in [0.15, 0.2) is 267 Å². The summed E-state index contributed by atoms with van der Waals surface area (Å²) in [5, 5.41) is 7.09. The van der Waals surface area contributed by atoms with E-state index in [1.807, 2.05) is 36.4 Å². The molecule has 0 N–H and O–H groups in total. The van der Waals surface area contributed by atoms with Crippen LogP contribution in [0.25, 0.3) is 117 Å². The lowest BCUT2D eigenvalue weighted by atomic mass is 9.67. The molecule has 11 aromatic carbocycles. The molecule has 354 valence electrons. The number of rotatable bonds is 7. The van der Waals surface area contributed by atoms with Crippen LogP contribution in [0.2, 0.25) is 0 Å². The maximum atomic E-state index is 5.33. The summed E-state index contributed by atoms with van der Waals surface area (Å²) in [6.45, 7) is 0. The molecule has 6 nitrogen and oxygen atoms in total. The molecule has 0 atom stereocenters. The Hall–Kier alpha value is -10.2. The third-order valence-electron chi connectivity index (χ3n) is 16.0. The van der Waals surface area contributed by atoms with E-state index in [0.29, 0.717) is 17.6 Å². The molecule has 76 heavy (non-hydrogen) atoms. The number of nitrogens with zero attached hydrogens (tertiary/aromatic N) is 6. The summed E-state index contributed by atoms with van der Waals surface area (Å²) in [5.74, 6) is 1.81. The van der Waals surface area contributed by atoms with E-state index in [2.05, 4.69) is 244 Å². The van der Waals surface area contributed by atoms with Gasteiger partial charge in [-0.05, 0) is 112 Å². The SMILES string of the molecule is c1ccc(-c2nc(-c3ccccc3)nc(-n3c4ccccc4c4cc5c(cc43)-c3ccccc3C5(c3ccc4c(c3)c3ccccc3n4-c3ccccc3)c3ccc4c(c3)c3ccccc3n4-c3ccccc3)n2)cc1. The van der Waals surface area contributed by atoms with Crippen LogP contribution >= 0.6 is 0 Å². The number of hydrogen-bond donors (Lipinski definition) is 0. The first-order valence-corrected chi connectivity index (χ1v) is 25.9. The summed E-state index contributed by atoms with van der Waals surface area (Å²) in [4.78, 5) is 15.7. The van der Waals surface area contributed by atoms with Gasteiger partial charge in [0.2, 0.25) is 5.95 Å². The van der Waals surface area contributed by atoms with Crippen LogP contribution in [0, 0.1) is 0 Å². The number of hydrogen-bond acceptors (Lipinski definition) is 3. The van der Waals surface area contributed by atoms with Gasteiger partial charge < -0.3 is 9.13 Å². The predicted molar refractivity (Wildman–Crippen MR) is 311 cm³/mol. The summed E-state index contributed by atoms with van der Waals surface area (Å²) in [6, 6.07) is 96.9. The molecule has 4 heterocycles. The van der Waals surface area contributed by atoms with Gasteiger partial charge in [0.25, 0.3) is 0 Å². The van der Waals surface area contributed by atoms with Crippen LogP contribution in [0.3, 0.4) is 0 Å². The molecule has 1 aliphatic rings. The summed E-state index contributed by atoms with van der Waals surface area (Å²) in [5.41, 5.74) is 17.3. The minimum atomic E-state index is -0.758. The van der Waals surface area contributed by atoms with Gasteiger partial charge in [-0.15, -0.1) is 0 Å². The quantitative estimate of drug-likeness (QED) is 0.160. The van der Waals surface area contributed by atoms with Crippen LogP contribution < -0.4 is 0 Å². The summed E-state index contributed by atoms with van der Waals surface area (Å²) >= 11 is 0. The topological polar surface area (TPSA) is 53.5 Å². The van der Waals surface area contributed by atoms with E-state index < -0.39 is 5.41 Å². The van der Waals surface area contributed by atoms with Gasteiger partial charge in [-0.2, -0.15) is 9.97 Å². The van der Waals surface area contributed by atoms with Gasteiger partial charge in [0.15, 0.2) is 11.6 Å². The van der Waals surface area contributed by atoms with Crippen molar-refractivity contribution in [2.75, 3.05) is 0 Å². The van der Waals surface area contributed by atoms with Gasteiger partial charge in [0.1, 0.15) is 0 Å². The summed E-state index contributed by atoms with van der Waals surface area (Å²) in [7, 11) is 0. The molecule has 4 aromatic heterocycles. The van der Waals surface area contributed by atoms with Crippen LogP contribution in [0.1, 0.15) is 22.3 Å². The highest BCUT2D eigenvalue weighted by atomic mass is 15.2. The average Bonchev–Trinajstić information content (AvgIpc) is 4.36. The van der Waals surface area contributed by atoms with Gasteiger partial charge >= 0.3 is 0 Å².